The molecule has 1 saturated carbocycles. The Morgan fingerprint density at radius 3 is 2.78 bits per heavy atom. The van der Waals surface area contributed by atoms with E-state index in [4.69, 9.17) is 4.74 Å². The van der Waals surface area contributed by atoms with Gasteiger partial charge >= 0.3 is 0 Å². The number of methoxy groups -OCH3 is 1. The molecule has 4 nitrogen and oxygen atoms in total. The van der Waals surface area contributed by atoms with Crippen molar-refractivity contribution in [2.75, 3.05) is 25.5 Å². The van der Waals surface area contributed by atoms with E-state index >= 15 is 0 Å². The molecule has 5 heteroatoms. The summed E-state index contributed by atoms with van der Waals surface area (Å²) >= 11 is 0. The van der Waals surface area contributed by atoms with E-state index in [1.807, 2.05) is 24.4 Å². The van der Waals surface area contributed by atoms with Gasteiger partial charge in [0, 0.05) is 36.8 Å². The summed E-state index contributed by atoms with van der Waals surface area (Å²) in [5.41, 5.74) is 2.04. The van der Waals surface area contributed by atoms with Crippen molar-refractivity contribution in [1.29, 1.82) is 0 Å². The van der Waals surface area contributed by atoms with Crippen LogP contribution in [0.15, 0.2) is 30.5 Å². The first-order valence-electron chi connectivity index (χ1n) is 8.27. The third-order valence-corrected chi connectivity index (χ3v) is 4.39. The molecular weight excluding hydrogens is 310 g/mol. The average molecular weight is 336 g/mol. The lowest BCUT2D eigenvalue weighted by Crippen LogP contribution is -2.34. The molecular formula is C18H26ClN3O. The quantitative estimate of drug-likeness (QED) is 0.783. The highest BCUT2D eigenvalue weighted by molar-refractivity contribution is 5.91. The highest BCUT2D eigenvalue weighted by Crippen LogP contribution is 2.27. The summed E-state index contributed by atoms with van der Waals surface area (Å²) in [7, 11) is 1.70. The van der Waals surface area contributed by atoms with Crippen molar-refractivity contribution in [3.05, 3.63) is 30.5 Å². The van der Waals surface area contributed by atoms with E-state index in [2.05, 4.69) is 21.7 Å². The van der Waals surface area contributed by atoms with Gasteiger partial charge in [-0.25, -0.2) is 0 Å². The Kier molecular flexibility index (Phi) is 6.93. The van der Waals surface area contributed by atoms with Gasteiger partial charge in [-0.2, -0.15) is 0 Å². The van der Waals surface area contributed by atoms with Crippen molar-refractivity contribution in [2.45, 2.75) is 38.1 Å². The number of fused-ring (bicyclic) bond motifs is 1. The van der Waals surface area contributed by atoms with Gasteiger partial charge in [0.25, 0.3) is 0 Å². The summed E-state index contributed by atoms with van der Waals surface area (Å²) in [6, 6.07) is 8.77. The van der Waals surface area contributed by atoms with Gasteiger partial charge in [-0.05, 0) is 25.0 Å². The van der Waals surface area contributed by atoms with Crippen LogP contribution in [0.25, 0.3) is 10.9 Å². The summed E-state index contributed by atoms with van der Waals surface area (Å²) in [5.74, 6) is 0.864. The van der Waals surface area contributed by atoms with Gasteiger partial charge in [0.15, 0.2) is 0 Å². The smallest absolute Gasteiger partial charge is 0.121 e. The van der Waals surface area contributed by atoms with E-state index in [9.17, 15) is 0 Å². The highest BCUT2D eigenvalue weighted by Gasteiger charge is 2.12. The number of hydrogen-bond donors (Lipinski definition) is 2. The molecule has 126 valence electrons. The fourth-order valence-electron chi connectivity index (χ4n) is 3.20. The molecule has 0 aliphatic heterocycles. The molecule has 1 aliphatic rings. The number of nitrogens with zero attached hydrogens (tertiary/aromatic N) is 1. The number of aromatic nitrogens is 1. The maximum Gasteiger partial charge on any atom is 0.121 e. The second kappa shape index (κ2) is 8.94. The summed E-state index contributed by atoms with van der Waals surface area (Å²) in [6.45, 7) is 1.88. The molecule has 23 heavy (non-hydrogen) atoms. The van der Waals surface area contributed by atoms with E-state index in [-0.39, 0.29) is 12.4 Å². The third-order valence-electron chi connectivity index (χ3n) is 4.39. The number of rotatable bonds is 6. The Morgan fingerprint density at radius 1 is 1.17 bits per heavy atom. The Balaban J connectivity index is 0.00000192. The van der Waals surface area contributed by atoms with Crippen LogP contribution in [0, 0.1) is 0 Å². The van der Waals surface area contributed by atoms with Crippen molar-refractivity contribution in [3.63, 3.8) is 0 Å². The van der Waals surface area contributed by atoms with Crippen LogP contribution in [0.1, 0.15) is 32.1 Å². The van der Waals surface area contributed by atoms with Crippen LogP contribution in [0.2, 0.25) is 0 Å². The van der Waals surface area contributed by atoms with Crippen LogP contribution in [0.5, 0.6) is 5.75 Å². The molecule has 0 saturated heterocycles. The van der Waals surface area contributed by atoms with Gasteiger partial charge in [-0.3, -0.25) is 4.98 Å². The molecule has 0 bridgehead atoms. The lowest BCUT2D eigenvalue weighted by molar-refractivity contribution is 0.378. The van der Waals surface area contributed by atoms with Crippen LogP contribution < -0.4 is 15.4 Å². The van der Waals surface area contributed by atoms with Gasteiger partial charge in [0.05, 0.1) is 18.3 Å². The maximum absolute atomic E-state index is 5.38. The van der Waals surface area contributed by atoms with E-state index < -0.39 is 0 Å². The minimum Gasteiger partial charge on any atom is -0.497 e. The van der Waals surface area contributed by atoms with E-state index in [1.54, 1.807) is 7.11 Å². The van der Waals surface area contributed by atoms with Gasteiger partial charge in [-0.1, -0.05) is 25.3 Å². The Bertz CT molecular complexity index is 614. The Morgan fingerprint density at radius 2 is 2.00 bits per heavy atom. The number of anilines is 1. The van der Waals surface area contributed by atoms with Crippen molar-refractivity contribution < 1.29 is 4.74 Å². The van der Waals surface area contributed by atoms with Gasteiger partial charge in [0.2, 0.25) is 0 Å². The molecule has 3 rings (SSSR count). The molecule has 2 N–H and O–H groups in total. The van der Waals surface area contributed by atoms with Crippen molar-refractivity contribution in [1.82, 2.24) is 10.3 Å². The zero-order valence-corrected chi connectivity index (χ0v) is 14.5. The zero-order valence-electron chi connectivity index (χ0n) is 13.7. The molecule has 0 spiro atoms. The van der Waals surface area contributed by atoms with Crippen LogP contribution in [-0.4, -0.2) is 31.2 Å². The second-order valence-corrected chi connectivity index (χ2v) is 5.97. The SMILES string of the molecule is COc1cc(NCCNC2CCCCC2)c2ncccc2c1.Cl. The number of halogens is 1. The van der Waals surface area contributed by atoms with Crippen LogP contribution in [0.4, 0.5) is 5.69 Å². The molecule has 1 aliphatic carbocycles. The lowest BCUT2D eigenvalue weighted by Gasteiger charge is -2.23. The van der Waals surface area contributed by atoms with Gasteiger partial charge in [-0.15, -0.1) is 12.4 Å². The molecule has 2 aromatic rings. The van der Waals surface area contributed by atoms with Gasteiger partial charge < -0.3 is 15.4 Å². The predicted octanol–water partition coefficient (Wildman–Crippen LogP) is 4.00. The summed E-state index contributed by atoms with van der Waals surface area (Å²) in [6.07, 6.45) is 8.62. The second-order valence-electron chi connectivity index (χ2n) is 5.97. The molecule has 1 fully saturated rings. The first kappa shape index (κ1) is 17.8. The number of ether oxygens (including phenoxy) is 1. The summed E-state index contributed by atoms with van der Waals surface area (Å²) in [4.78, 5) is 4.49. The first-order chi connectivity index (χ1) is 10.9. The fraction of sp³-hybridized carbons (Fsp3) is 0.500. The molecule has 1 aromatic heterocycles. The average Bonchev–Trinajstić information content (AvgIpc) is 2.59. The normalized spacial score (nSPS) is 15.2. The van der Waals surface area contributed by atoms with Crippen LogP contribution in [0.3, 0.4) is 0 Å². The predicted molar refractivity (Wildman–Crippen MR) is 98.9 cm³/mol. The van der Waals surface area contributed by atoms with Gasteiger partial charge in [0.1, 0.15) is 5.75 Å². The number of pyridine rings is 1. The van der Waals surface area contributed by atoms with Crippen molar-refractivity contribution in [2.24, 2.45) is 0 Å². The topological polar surface area (TPSA) is 46.2 Å². The van der Waals surface area contributed by atoms with E-state index in [1.165, 1.54) is 32.1 Å². The summed E-state index contributed by atoms with van der Waals surface area (Å²) in [5, 5.41) is 8.25. The summed E-state index contributed by atoms with van der Waals surface area (Å²) < 4.78 is 5.38. The molecule has 0 atom stereocenters. The monoisotopic (exact) mass is 335 g/mol. The fourth-order valence-corrected chi connectivity index (χ4v) is 3.20. The standard InChI is InChI=1S/C18H25N3O.ClH/c1-22-16-12-14-6-5-9-21-18(14)17(13-16)20-11-10-19-15-7-3-2-4-8-15;/h5-6,9,12-13,15,19-20H,2-4,7-8,10-11H2,1H3;1H. The highest BCUT2D eigenvalue weighted by atomic mass is 35.5. The number of nitrogens with one attached hydrogen (secondary N) is 2. The van der Waals surface area contributed by atoms with Crippen LogP contribution >= 0.6 is 12.4 Å². The minimum atomic E-state index is 0. The minimum absolute atomic E-state index is 0. The van der Waals surface area contributed by atoms with Crippen molar-refractivity contribution in [3.8, 4) is 5.75 Å². The molecule has 1 heterocycles. The molecule has 0 unspecified atom stereocenters. The largest absolute Gasteiger partial charge is 0.497 e. The third kappa shape index (κ3) is 4.72. The van der Waals surface area contributed by atoms with E-state index in [0.717, 1.165) is 35.4 Å². The Labute approximate surface area is 144 Å². The molecule has 0 amide bonds. The number of hydrogen-bond acceptors (Lipinski definition) is 4. The molecule has 1 aromatic carbocycles. The lowest BCUT2D eigenvalue weighted by atomic mass is 9.95. The maximum atomic E-state index is 5.38. The van der Waals surface area contributed by atoms with Crippen LogP contribution in [-0.2, 0) is 0 Å². The Hall–Kier alpha value is -1.52. The number of benzene rings is 1. The zero-order chi connectivity index (χ0) is 15.2. The van der Waals surface area contributed by atoms with Crippen molar-refractivity contribution >= 4 is 29.0 Å². The first-order valence-corrected chi connectivity index (χ1v) is 8.27. The van der Waals surface area contributed by atoms with E-state index in [0.29, 0.717) is 6.04 Å². The molecule has 0 radical (unpaired) electrons.